The minimum atomic E-state index is -0.925. The van der Waals surface area contributed by atoms with Gasteiger partial charge in [0.15, 0.2) is 10.7 Å². The van der Waals surface area contributed by atoms with E-state index in [1.807, 2.05) is 44.2 Å². The Kier molecular flexibility index (Phi) is 7.30. The van der Waals surface area contributed by atoms with Gasteiger partial charge in [-0.2, -0.15) is 0 Å². The van der Waals surface area contributed by atoms with Crippen molar-refractivity contribution in [2.24, 2.45) is 0 Å². The van der Waals surface area contributed by atoms with Crippen molar-refractivity contribution in [3.8, 4) is 0 Å². The first-order valence-corrected chi connectivity index (χ1v) is 11.0. The molecule has 3 aromatic rings. The highest BCUT2D eigenvalue weighted by atomic mass is 32.2. The van der Waals surface area contributed by atoms with Gasteiger partial charge in [0.1, 0.15) is 23.7 Å². The average Bonchev–Trinajstić information content (AvgIpc) is 3.09. The lowest BCUT2D eigenvalue weighted by Crippen LogP contribution is -2.09. The standard InChI is InChI=1S/C21H28N4O2S/c1-3-27-15-18-24-19-20(16(2)14-23-21(19)22)25(18)12-8-5-9-13-28(26)17-10-6-4-7-11-17/h4,6-7,10-11,14H,3,5,8-9,12-13,15H2,1-2H3,(H2,22,23). The van der Waals surface area contributed by atoms with Gasteiger partial charge in [-0.15, -0.1) is 0 Å². The normalized spacial score (nSPS) is 12.5. The highest BCUT2D eigenvalue weighted by Crippen LogP contribution is 2.25. The molecule has 7 heteroatoms. The summed E-state index contributed by atoms with van der Waals surface area (Å²) in [6.07, 6.45) is 4.71. The highest BCUT2D eigenvalue weighted by molar-refractivity contribution is 7.91. The molecule has 1 unspecified atom stereocenters. The molecule has 0 amide bonds. The maximum Gasteiger partial charge on any atom is 0.152 e. The number of aromatic nitrogens is 3. The molecule has 0 saturated heterocycles. The van der Waals surface area contributed by atoms with E-state index in [0.29, 0.717) is 24.8 Å². The summed E-state index contributed by atoms with van der Waals surface area (Å²) in [7, 11) is 0. The van der Waals surface area contributed by atoms with E-state index in [0.717, 1.165) is 53.1 Å². The van der Waals surface area contributed by atoms with Gasteiger partial charge in [0.2, 0.25) is 0 Å². The van der Waals surface area contributed by atoms with E-state index in [2.05, 4.69) is 14.5 Å². The lowest BCUT2D eigenvalue weighted by Gasteiger charge is -2.12. The Morgan fingerprint density at radius 1 is 1.18 bits per heavy atom. The topological polar surface area (TPSA) is 89.0 Å². The highest BCUT2D eigenvalue weighted by Gasteiger charge is 2.16. The molecule has 0 spiro atoms. The van der Waals surface area contributed by atoms with Crippen LogP contribution in [0.2, 0.25) is 0 Å². The van der Waals surface area contributed by atoms with Crippen molar-refractivity contribution in [2.45, 2.75) is 51.2 Å². The second kappa shape index (κ2) is 9.91. The van der Waals surface area contributed by atoms with Crippen LogP contribution >= 0.6 is 0 Å². The van der Waals surface area contributed by atoms with Gasteiger partial charge in [-0.1, -0.05) is 18.2 Å². The number of benzene rings is 1. The number of hydrogen-bond acceptors (Lipinski definition) is 5. The van der Waals surface area contributed by atoms with E-state index in [1.54, 1.807) is 6.20 Å². The van der Waals surface area contributed by atoms with Crippen LogP contribution in [0.5, 0.6) is 0 Å². The van der Waals surface area contributed by atoms with Crippen molar-refractivity contribution in [1.29, 1.82) is 0 Å². The van der Waals surface area contributed by atoms with Crippen LogP contribution in [-0.4, -0.2) is 31.4 Å². The Balaban J connectivity index is 1.62. The van der Waals surface area contributed by atoms with Gasteiger partial charge in [-0.3, -0.25) is 0 Å². The predicted molar refractivity (Wildman–Crippen MR) is 114 cm³/mol. The smallest absolute Gasteiger partial charge is 0.152 e. The van der Waals surface area contributed by atoms with Gasteiger partial charge >= 0.3 is 0 Å². The van der Waals surface area contributed by atoms with Gasteiger partial charge in [-0.25, -0.2) is 9.97 Å². The molecule has 1 atom stereocenters. The first-order valence-electron chi connectivity index (χ1n) is 9.73. The molecule has 1 aromatic carbocycles. The molecule has 28 heavy (non-hydrogen) atoms. The molecular weight excluding hydrogens is 372 g/mol. The predicted octanol–water partition coefficient (Wildman–Crippen LogP) is 3.84. The molecule has 0 aliphatic rings. The molecule has 150 valence electrons. The number of nitrogen functional groups attached to an aromatic ring is 1. The summed E-state index contributed by atoms with van der Waals surface area (Å²) in [5.41, 5.74) is 8.89. The average molecular weight is 401 g/mol. The minimum absolute atomic E-state index is 0.454. The van der Waals surface area contributed by atoms with Crippen LogP contribution in [0.4, 0.5) is 5.82 Å². The minimum Gasteiger partial charge on any atom is -0.611 e. The van der Waals surface area contributed by atoms with Crippen LogP contribution in [0, 0.1) is 6.92 Å². The molecular formula is C21H28N4O2S. The Hall–Kier alpha value is -2.09. The van der Waals surface area contributed by atoms with Crippen LogP contribution in [0.15, 0.2) is 41.4 Å². The fraction of sp³-hybridized carbons (Fsp3) is 0.429. The molecule has 6 nitrogen and oxygen atoms in total. The lowest BCUT2D eigenvalue weighted by molar-refractivity contribution is 0.126. The zero-order valence-corrected chi connectivity index (χ0v) is 17.4. The van der Waals surface area contributed by atoms with E-state index in [-0.39, 0.29) is 0 Å². The number of nitrogens with zero attached hydrogens (tertiary/aromatic N) is 3. The Morgan fingerprint density at radius 3 is 2.71 bits per heavy atom. The summed E-state index contributed by atoms with van der Waals surface area (Å²) in [6.45, 7) is 5.94. The van der Waals surface area contributed by atoms with Crippen LogP contribution in [-0.2, 0) is 29.1 Å². The summed E-state index contributed by atoms with van der Waals surface area (Å²) in [5, 5.41) is 0. The number of rotatable bonds is 10. The number of ether oxygens (including phenoxy) is 1. The van der Waals surface area contributed by atoms with Crippen molar-refractivity contribution in [3.05, 3.63) is 47.9 Å². The Morgan fingerprint density at radius 2 is 1.96 bits per heavy atom. The van der Waals surface area contributed by atoms with Gasteiger partial charge in [0.05, 0.1) is 5.52 Å². The van der Waals surface area contributed by atoms with Crippen molar-refractivity contribution in [3.63, 3.8) is 0 Å². The lowest BCUT2D eigenvalue weighted by atomic mass is 10.2. The van der Waals surface area contributed by atoms with E-state index >= 15 is 0 Å². The number of aryl methyl sites for hydroxylation is 2. The zero-order chi connectivity index (χ0) is 19.9. The van der Waals surface area contributed by atoms with Crippen LogP contribution in [0.25, 0.3) is 11.0 Å². The quantitative estimate of drug-likeness (QED) is 0.413. The van der Waals surface area contributed by atoms with Crippen molar-refractivity contribution < 1.29 is 9.29 Å². The van der Waals surface area contributed by atoms with Gasteiger partial charge in [0.25, 0.3) is 0 Å². The summed E-state index contributed by atoms with van der Waals surface area (Å²) in [4.78, 5) is 9.81. The van der Waals surface area contributed by atoms with Crippen LogP contribution in [0.3, 0.4) is 0 Å². The summed E-state index contributed by atoms with van der Waals surface area (Å²) in [5.74, 6) is 2.03. The SMILES string of the molecule is CCOCc1nc2c(N)ncc(C)c2n1CCCCC[S+]([O-])c1ccccc1. The maximum absolute atomic E-state index is 12.3. The van der Waals surface area contributed by atoms with Gasteiger partial charge in [-0.05, 0) is 62.0 Å². The number of unbranched alkanes of at least 4 members (excludes halogenated alkanes) is 2. The Labute approximate surface area is 169 Å². The van der Waals surface area contributed by atoms with E-state index < -0.39 is 11.2 Å². The summed E-state index contributed by atoms with van der Waals surface area (Å²) < 4.78 is 20.1. The fourth-order valence-corrected chi connectivity index (χ4v) is 4.44. The second-order valence-corrected chi connectivity index (χ2v) is 8.33. The number of pyridine rings is 1. The van der Waals surface area contributed by atoms with Crippen molar-refractivity contribution in [2.75, 3.05) is 18.1 Å². The third kappa shape index (κ3) is 4.84. The molecule has 0 fully saturated rings. The number of nitrogens with two attached hydrogens (primary N) is 1. The molecule has 0 aliphatic heterocycles. The molecule has 2 N–H and O–H groups in total. The molecule has 0 radical (unpaired) electrons. The van der Waals surface area contributed by atoms with E-state index in [4.69, 9.17) is 10.5 Å². The molecule has 2 aromatic heterocycles. The fourth-order valence-electron chi connectivity index (χ4n) is 3.28. The molecule has 0 bridgehead atoms. The van der Waals surface area contributed by atoms with Gasteiger partial charge < -0.3 is 19.6 Å². The number of anilines is 1. The largest absolute Gasteiger partial charge is 0.611 e. The number of hydrogen-bond donors (Lipinski definition) is 1. The maximum atomic E-state index is 12.3. The van der Waals surface area contributed by atoms with Crippen molar-refractivity contribution in [1.82, 2.24) is 14.5 Å². The van der Waals surface area contributed by atoms with E-state index in [9.17, 15) is 4.55 Å². The van der Waals surface area contributed by atoms with Gasteiger partial charge in [0, 0.05) is 19.3 Å². The zero-order valence-electron chi connectivity index (χ0n) is 16.6. The second-order valence-electron chi connectivity index (χ2n) is 6.76. The first-order chi connectivity index (χ1) is 13.6. The Bertz CT molecular complexity index is 898. The van der Waals surface area contributed by atoms with Crippen LogP contribution < -0.4 is 5.73 Å². The summed E-state index contributed by atoms with van der Waals surface area (Å²) >= 11 is -0.925. The number of fused-ring (bicyclic) bond motifs is 1. The van der Waals surface area contributed by atoms with E-state index in [1.165, 1.54) is 0 Å². The monoisotopic (exact) mass is 400 g/mol. The number of imidazole rings is 1. The van der Waals surface area contributed by atoms with Crippen LogP contribution in [0.1, 0.15) is 37.6 Å². The molecule has 3 rings (SSSR count). The van der Waals surface area contributed by atoms with Crippen molar-refractivity contribution >= 4 is 28.0 Å². The third-order valence-electron chi connectivity index (χ3n) is 4.71. The molecule has 0 saturated carbocycles. The molecule has 2 heterocycles. The summed E-state index contributed by atoms with van der Waals surface area (Å²) in [6, 6.07) is 9.66. The molecule has 0 aliphatic carbocycles. The first kappa shape index (κ1) is 20.6. The third-order valence-corrected chi connectivity index (χ3v) is 6.17.